The van der Waals surface area contributed by atoms with E-state index < -0.39 is 5.97 Å². The van der Waals surface area contributed by atoms with Crippen molar-refractivity contribution in [1.29, 1.82) is 0 Å². The number of hydrogen-bond acceptors (Lipinski definition) is 4. The number of esters is 1. The molecule has 0 aliphatic carbocycles. The summed E-state index contributed by atoms with van der Waals surface area (Å²) in [6, 6.07) is 7.53. The third-order valence-electron chi connectivity index (χ3n) is 2.71. The number of H-pyrrole nitrogens is 1. The van der Waals surface area contributed by atoms with Crippen LogP contribution in [0.5, 0.6) is 0 Å². The van der Waals surface area contributed by atoms with Crippen molar-refractivity contribution >= 4 is 43.8 Å². The Kier molecular flexibility index (Phi) is 2.52. The zero-order chi connectivity index (χ0) is 12.7. The quantitative estimate of drug-likeness (QED) is 0.702. The first kappa shape index (κ1) is 11.2. The number of fused-ring (bicyclic) bond motifs is 3. The Bertz CT molecular complexity index is 766. The molecule has 0 fully saturated rings. The van der Waals surface area contributed by atoms with Crippen molar-refractivity contribution in [3.8, 4) is 0 Å². The second-order valence-electron chi connectivity index (χ2n) is 3.80. The highest BCUT2D eigenvalue weighted by Gasteiger charge is 2.12. The summed E-state index contributed by atoms with van der Waals surface area (Å²) in [5, 5.41) is 9.66. The first-order chi connectivity index (χ1) is 8.69. The lowest BCUT2D eigenvalue weighted by Gasteiger charge is -1.97. The van der Waals surface area contributed by atoms with Gasteiger partial charge in [0.15, 0.2) is 11.3 Å². The molecular formula is C12H8BrN3O2. The maximum absolute atomic E-state index is 11.4. The van der Waals surface area contributed by atoms with Gasteiger partial charge in [-0.25, -0.2) is 4.79 Å². The Morgan fingerprint density at radius 1 is 1.28 bits per heavy atom. The van der Waals surface area contributed by atoms with E-state index in [0.717, 1.165) is 20.8 Å². The first-order valence-corrected chi connectivity index (χ1v) is 6.01. The number of hydrogen-bond donors (Lipinski definition) is 1. The minimum absolute atomic E-state index is 0.200. The number of ether oxygens (including phenoxy) is 1. The minimum Gasteiger partial charge on any atom is -0.464 e. The summed E-state index contributed by atoms with van der Waals surface area (Å²) in [5.41, 5.74) is 1.80. The number of nitrogens with one attached hydrogen (secondary N) is 1. The molecule has 3 rings (SSSR count). The van der Waals surface area contributed by atoms with Crippen LogP contribution in [0, 0.1) is 0 Å². The molecule has 0 aliphatic rings. The minimum atomic E-state index is -0.492. The van der Waals surface area contributed by atoms with Gasteiger partial charge in [0.05, 0.1) is 7.11 Å². The predicted molar refractivity (Wildman–Crippen MR) is 70.4 cm³/mol. The molecule has 2 aromatic heterocycles. The molecule has 0 saturated heterocycles. The molecule has 0 unspecified atom stereocenters. The summed E-state index contributed by atoms with van der Waals surface area (Å²) in [7, 11) is 1.32. The van der Waals surface area contributed by atoms with E-state index in [1.165, 1.54) is 7.11 Å². The van der Waals surface area contributed by atoms with Gasteiger partial charge in [0.25, 0.3) is 0 Å². The third-order valence-corrected chi connectivity index (χ3v) is 3.21. The Balaban J connectivity index is 2.34. The fourth-order valence-electron chi connectivity index (χ4n) is 1.87. The normalized spacial score (nSPS) is 11.0. The van der Waals surface area contributed by atoms with Gasteiger partial charge >= 0.3 is 5.97 Å². The van der Waals surface area contributed by atoms with Crippen molar-refractivity contribution in [1.82, 2.24) is 15.2 Å². The number of methoxy groups -OCH3 is 1. The van der Waals surface area contributed by atoms with Crippen LogP contribution in [0.1, 0.15) is 10.5 Å². The van der Waals surface area contributed by atoms with Crippen molar-refractivity contribution < 1.29 is 9.53 Å². The Morgan fingerprint density at radius 2 is 2.11 bits per heavy atom. The van der Waals surface area contributed by atoms with Crippen LogP contribution in [0.15, 0.2) is 28.7 Å². The number of aromatic nitrogens is 3. The number of rotatable bonds is 1. The fourth-order valence-corrected chi connectivity index (χ4v) is 2.23. The Hall–Kier alpha value is -1.95. The van der Waals surface area contributed by atoms with E-state index in [1.54, 1.807) is 6.07 Å². The first-order valence-electron chi connectivity index (χ1n) is 5.22. The van der Waals surface area contributed by atoms with Crippen LogP contribution in [0.25, 0.3) is 21.9 Å². The zero-order valence-electron chi connectivity index (χ0n) is 9.40. The lowest BCUT2D eigenvalue weighted by Crippen LogP contribution is -2.05. The number of carbonyl (C=O) groups excluding carboxylic acids is 1. The lowest BCUT2D eigenvalue weighted by atomic mass is 10.2. The summed E-state index contributed by atoms with van der Waals surface area (Å²) in [4.78, 5) is 14.6. The van der Waals surface area contributed by atoms with Crippen LogP contribution < -0.4 is 0 Å². The van der Waals surface area contributed by atoms with Gasteiger partial charge in [-0.05, 0) is 24.3 Å². The summed E-state index contributed by atoms with van der Waals surface area (Å²) in [6.45, 7) is 0. The highest BCUT2D eigenvalue weighted by atomic mass is 79.9. The van der Waals surface area contributed by atoms with Gasteiger partial charge in [-0.1, -0.05) is 15.9 Å². The highest BCUT2D eigenvalue weighted by molar-refractivity contribution is 9.10. The molecule has 0 spiro atoms. The topological polar surface area (TPSA) is 67.9 Å². The smallest absolute Gasteiger partial charge is 0.358 e. The average molecular weight is 306 g/mol. The van der Waals surface area contributed by atoms with Gasteiger partial charge in [0.2, 0.25) is 0 Å². The maximum atomic E-state index is 11.4. The lowest BCUT2D eigenvalue weighted by molar-refractivity contribution is 0.0593. The van der Waals surface area contributed by atoms with Gasteiger partial charge < -0.3 is 9.72 Å². The number of carbonyl (C=O) groups is 1. The molecule has 0 bridgehead atoms. The SMILES string of the molecule is COC(=O)c1cc2c(nn1)[nH]c1ccc(Br)cc12. The molecule has 2 heterocycles. The molecule has 1 N–H and O–H groups in total. The highest BCUT2D eigenvalue weighted by Crippen LogP contribution is 2.27. The number of halogens is 1. The van der Waals surface area contributed by atoms with E-state index in [2.05, 4.69) is 35.8 Å². The van der Waals surface area contributed by atoms with Crippen LogP contribution in [0.4, 0.5) is 0 Å². The Morgan fingerprint density at radius 3 is 2.89 bits per heavy atom. The van der Waals surface area contributed by atoms with Gasteiger partial charge in [0, 0.05) is 20.8 Å². The molecular weight excluding hydrogens is 298 g/mol. The zero-order valence-corrected chi connectivity index (χ0v) is 11.0. The van der Waals surface area contributed by atoms with Crippen molar-refractivity contribution in [2.75, 3.05) is 7.11 Å². The van der Waals surface area contributed by atoms with E-state index in [9.17, 15) is 4.79 Å². The standard InChI is InChI=1S/C12H8BrN3O2/c1-18-12(17)10-5-8-7-4-6(13)2-3-9(7)14-11(8)16-15-10/h2-5H,1H3,(H,14,16). The second-order valence-corrected chi connectivity index (χ2v) is 4.71. The van der Waals surface area contributed by atoms with Crippen LogP contribution in [-0.4, -0.2) is 28.3 Å². The molecule has 0 atom stereocenters. The molecule has 0 aliphatic heterocycles. The molecule has 0 saturated carbocycles. The van der Waals surface area contributed by atoms with Gasteiger partial charge in [-0.15, -0.1) is 10.2 Å². The summed E-state index contributed by atoms with van der Waals surface area (Å²) in [6.07, 6.45) is 0. The largest absolute Gasteiger partial charge is 0.464 e. The van der Waals surface area contributed by atoms with Crippen LogP contribution in [-0.2, 0) is 4.74 Å². The molecule has 1 aromatic carbocycles. The molecule has 0 radical (unpaired) electrons. The fraction of sp³-hybridized carbons (Fsp3) is 0.0833. The van der Waals surface area contributed by atoms with Crippen LogP contribution in [0.2, 0.25) is 0 Å². The number of aromatic amines is 1. The van der Waals surface area contributed by atoms with Crippen molar-refractivity contribution in [2.45, 2.75) is 0 Å². The molecule has 18 heavy (non-hydrogen) atoms. The van der Waals surface area contributed by atoms with Gasteiger partial charge in [-0.3, -0.25) is 0 Å². The maximum Gasteiger partial charge on any atom is 0.358 e. The van der Waals surface area contributed by atoms with Crippen LogP contribution >= 0.6 is 15.9 Å². The van der Waals surface area contributed by atoms with E-state index in [4.69, 9.17) is 0 Å². The van der Waals surface area contributed by atoms with E-state index in [0.29, 0.717) is 5.65 Å². The summed E-state index contributed by atoms with van der Waals surface area (Å²) in [5.74, 6) is -0.492. The third kappa shape index (κ3) is 1.65. The van der Waals surface area contributed by atoms with Gasteiger partial charge in [0.1, 0.15) is 0 Å². The van der Waals surface area contributed by atoms with Crippen molar-refractivity contribution in [3.63, 3.8) is 0 Å². The average Bonchev–Trinajstić information content (AvgIpc) is 2.75. The number of benzene rings is 1. The molecule has 3 aromatic rings. The van der Waals surface area contributed by atoms with E-state index in [1.807, 2.05) is 18.2 Å². The summed E-state index contributed by atoms with van der Waals surface area (Å²) >= 11 is 3.42. The molecule has 90 valence electrons. The van der Waals surface area contributed by atoms with Crippen molar-refractivity contribution in [2.24, 2.45) is 0 Å². The van der Waals surface area contributed by atoms with E-state index in [-0.39, 0.29) is 5.69 Å². The van der Waals surface area contributed by atoms with Crippen LogP contribution in [0.3, 0.4) is 0 Å². The van der Waals surface area contributed by atoms with E-state index >= 15 is 0 Å². The molecule has 6 heteroatoms. The molecule has 0 amide bonds. The predicted octanol–water partition coefficient (Wildman–Crippen LogP) is 2.66. The summed E-state index contributed by atoms with van der Waals surface area (Å²) < 4.78 is 5.60. The Labute approximate surface area is 110 Å². The number of nitrogens with zero attached hydrogens (tertiary/aromatic N) is 2. The second kappa shape index (κ2) is 4.06. The monoisotopic (exact) mass is 305 g/mol. The van der Waals surface area contributed by atoms with Crippen molar-refractivity contribution in [3.05, 3.63) is 34.4 Å². The van der Waals surface area contributed by atoms with Gasteiger partial charge in [-0.2, -0.15) is 0 Å². The molecule has 5 nitrogen and oxygen atoms in total.